The Labute approximate surface area is 195 Å². The fourth-order valence-corrected chi connectivity index (χ4v) is 3.36. The van der Waals surface area contributed by atoms with Crippen molar-refractivity contribution >= 4 is 58.0 Å². The summed E-state index contributed by atoms with van der Waals surface area (Å²) in [5.74, 6) is -1.47. The van der Waals surface area contributed by atoms with Gasteiger partial charge in [0, 0.05) is 22.8 Å². The summed E-state index contributed by atoms with van der Waals surface area (Å²) >= 11 is 11.8. The second-order valence-corrected chi connectivity index (χ2v) is 7.58. The molecule has 0 atom stereocenters. The van der Waals surface area contributed by atoms with E-state index in [4.69, 9.17) is 27.9 Å². The van der Waals surface area contributed by atoms with E-state index in [1.165, 1.54) is 6.07 Å². The van der Waals surface area contributed by atoms with Crippen molar-refractivity contribution in [1.29, 1.82) is 0 Å². The number of nitrogens with one attached hydrogen (secondary N) is 1. The number of hydrogen-bond donors (Lipinski definition) is 1. The molecule has 0 aromatic heterocycles. The monoisotopic (exact) mass is 470 g/mol. The maximum absolute atomic E-state index is 12.9. The molecule has 0 saturated carbocycles. The number of carbonyl (C=O) groups excluding carboxylic acids is 3. The van der Waals surface area contributed by atoms with Crippen LogP contribution in [0.15, 0.2) is 78.9 Å². The van der Waals surface area contributed by atoms with Crippen LogP contribution in [0.4, 0.5) is 17.1 Å². The molecular formula is C24H20Cl2N2O4. The second kappa shape index (κ2) is 11.3. The van der Waals surface area contributed by atoms with E-state index in [1.807, 2.05) is 60.7 Å². The van der Waals surface area contributed by atoms with Crippen LogP contribution in [0.5, 0.6) is 0 Å². The van der Waals surface area contributed by atoms with Crippen molar-refractivity contribution < 1.29 is 19.1 Å². The summed E-state index contributed by atoms with van der Waals surface area (Å²) in [6.07, 6.45) is -0.239. The molecule has 0 radical (unpaired) electrons. The summed E-state index contributed by atoms with van der Waals surface area (Å²) in [7, 11) is 0. The Bertz CT molecular complexity index is 1050. The molecule has 0 aliphatic rings. The number of anilines is 3. The van der Waals surface area contributed by atoms with E-state index in [0.717, 1.165) is 0 Å². The van der Waals surface area contributed by atoms with Gasteiger partial charge in [0.25, 0.3) is 5.91 Å². The van der Waals surface area contributed by atoms with Gasteiger partial charge in [-0.05, 0) is 42.5 Å². The van der Waals surface area contributed by atoms with E-state index >= 15 is 0 Å². The molecule has 0 heterocycles. The first-order chi connectivity index (χ1) is 15.4. The van der Waals surface area contributed by atoms with Crippen LogP contribution in [0.1, 0.15) is 12.8 Å². The van der Waals surface area contributed by atoms with Gasteiger partial charge in [-0.2, -0.15) is 0 Å². The van der Waals surface area contributed by atoms with Crippen molar-refractivity contribution in [2.75, 3.05) is 16.8 Å². The second-order valence-electron chi connectivity index (χ2n) is 6.73. The minimum Gasteiger partial charge on any atom is -0.456 e. The SMILES string of the molecule is O=C(COC(=O)CCC(=O)N(c1ccccc1)c1ccccc1)Nc1ccc(Cl)cc1Cl. The van der Waals surface area contributed by atoms with Gasteiger partial charge in [-0.3, -0.25) is 19.3 Å². The Hall–Kier alpha value is -3.35. The van der Waals surface area contributed by atoms with Crippen LogP contribution in [0.3, 0.4) is 0 Å². The maximum atomic E-state index is 12.9. The van der Waals surface area contributed by atoms with Crippen LogP contribution in [0.25, 0.3) is 0 Å². The first-order valence-electron chi connectivity index (χ1n) is 9.77. The summed E-state index contributed by atoms with van der Waals surface area (Å²) in [4.78, 5) is 38.6. The van der Waals surface area contributed by atoms with Gasteiger partial charge >= 0.3 is 5.97 Å². The predicted octanol–water partition coefficient (Wildman–Crippen LogP) is 5.62. The van der Waals surface area contributed by atoms with Gasteiger partial charge in [0.15, 0.2) is 6.61 Å². The highest BCUT2D eigenvalue weighted by atomic mass is 35.5. The number of hydrogen-bond acceptors (Lipinski definition) is 4. The fraction of sp³-hybridized carbons (Fsp3) is 0.125. The van der Waals surface area contributed by atoms with Crippen LogP contribution < -0.4 is 10.2 Å². The highest BCUT2D eigenvalue weighted by Gasteiger charge is 2.19. The molecule has 0 saturated heterocycles. The third-order valence-corrected chi connectivity index (χ3v) is 4.94. The molecule has 0 spiro atoms. The molecule has 0 unspecified atom stereocenters. The standard InChI is InChI=1S/C24H20Cl2N2O4/c25-17-11-12-21(20(26)15-17)27-22(29)16-32-24(31)14-13-23(30)28(18-7-3-1-4-8-18)19-9-5-2-6-10-19/h1-12,15H,13-14,16H2,(H,27,29). The van der Waals surface area contributed by atoms with Crippen molar-refractivity contribution in [2.24, 2.45) is 0 Å². The van der Waals surface area contributed by atoms with E-state index in [1.54, 1.807) is 17.0 Å². The molecule has 0 fully saturated rings. The number of ether oxygens (including phenoxy) is 1. The number of esters is 1. The van der Waals surface area contributed by atoms with Gasteiger partial charge < -0.3 is 10.1 Å². The number of benzene rings is 3. The number of nitrogens with zero attached hydrogens (tertiary/aromatic N) is 1. The zero-order valence-corrected chi connectivity index (χ0v) is 18.5. The van der Waals surface area contributed by atoms with Crippen molar-refractivity contribution in [3.63, 3.8) is 0 Å². The summed E-state index contributed by atoms with van der Waals surface area (Å²) in [5, 5.41) is 3.24. The lowest BCUT2D eigenvalue weighted by molar-refractivity contribution is -0.148. The molecule has 0 bridgehead atoms. The van der Waals surface area contributed by atoms with Gasteiger partial charge in [0.05, 0.1) is 17.1 Å². The van der Waals surface area contributed by atoms with E-state index in [2.05, 4.69) is 5.32 Å². The Morgan fingerprint density at radius 2 is 1.41 bits per heavy atom. The normalized spacial score (nSPS) is 10.3. The minimum absolute atomic E-state index is 0.0761. The predicted molar refractivity (Wildman–Crippen MR) is 125 cm³/mol. The third-order valence-electron chi connectivity index (χ3n) is 4.39. The van der Waals surface area contributed by atoms with Gasteiger partial charge in [0.1, 0.15) is 0 Å². The largest absolute Gasteiger partial charge is 0.456 e. The average Bonchev–Trinajstić information content (AvgIpc) is 2.80. The molecule has 2 amide bonds. The van der Waals surface area contributed by atoms with Crippen LogP contribution in [0, 0.1) is 0 Å². The minimum atomic E-state index is -0.656. The van der Waals surface area contributed by atoms with E-state index in [9.17, 15) is 14.4 Å². The molecule has 1 N–H and O–H groups in total. The number of para-hydroxylation sites is 2. The molecule has 8 heteroatoms. The summed E-state index contributed by atoms with van der Waals surface area (Å²) < 4.78 is 4.99. The first kappa shape index (κ1) is 23.3. The Balaban J connectivity index is 1.53. The molecule has 164 valence electrons. The Morgan fingerprint density at radius 3 is 1.97 bits per heavy atom. The highest BCUT2D eigenvalue weighted by Crippen LogP contribution is 2.27. The molecule has 3 aromatic rings. The van der Waals surface area contributed by atoms with Gasteiger partial charge in [-0.1, -0.05) is 59.6 Å². The first-order valence-corrected chi connectivity index (χ1v) is 10.5. The molecule has 3 aromatic carbocycles. The summed E-state index contributed by atoms with van der Waals surface area (Å²) in [6.45, 7) is -0.493. The Morgan fingerprint density at radius 1 is 0.812 bits per heavy atom. The Kier molecular flexibility index (Phi) is 8.25. The molecule has 32 heavy (non-hydrogen) atoms. The van der Waals surface area contributed by atoms with Crippen LogP contribution in [-0.4, -0.2) is 24.4 Å². The van der Waals surface area contributed by atoms with Crippen LogP contribution >= 0.6 is 23.2 Å². The van der Waals surface area contributed by atoms with Crippen LogP contribution in [-0.2, 0) is 19.1 Å². The smallest absolute Gasteiger partial charge is 0.306 e. The summed E-state index contributed by atoms with van der Waals surface area (Å²) in [6, 6.07) is 22.9. The number of rotatable bonds is 8. The summed E-state index contributed by atoms with van der Waals surface area (Å²) in [5.41, 5.74) is 1.74. The quantitative estimate of drug-likeness (QED) is 0.433. The van der Waals surface area contributed by atoms with Crippen molar-refractivity contribution in [2.45, 2.75) is 12.8 Å². The van der Waals surface area contributed by atoms with Crippen molar-refractivity contribution in [3.8, 4) is 0 Å². The zero-order valence-electron chi connectivity index (χ0n) is 17.0. The topological polar surface area (TPSA) is 75.7 Å². The van der Waals surface area contributed by atoms with E-state index < -0.39 is 18.5 Å². The average molecular weight is 471 g/mol. The highest BCUT2D eigenvalue weighted by molar-refractivity contribution is 6.36. The van der Waals surface area contributed by atoms with E-state index in [-0.39, 0.29) is 23.8 Å². The van der Waals surface area contributed by atoms with Gasteiger partial charge in [-0.15, -0.1) is 0 Å². The maximum Gasteiger partial charge on any atom is 0.306 e. The fourth-order valence-electron chi connectivity index (χ4n) is 2.91. The zero-order chi connectivity index (χ0) is 22.9. The molecule has 0 aliphatic heterocycles. The van der Waals surface area contributed by atoms with E-state index in [0.29, 0.717) is 22.1 Å². The lowest BCUT2D eigenvalue weighted by Crippen LogP contribution is -2.27. The molecule has 6 nitrogen and oxygen atoms in total. The lowest BCUT2D eigenvalue weighted by atomic mass is 10.2. The number of halogens is 2. The van der Waals surface area contributed by atoms with Crippen molar-refractivity contribution in [1.82, 2.24) is 0 Å². The third kappa shape index (κ3) is 6.57. The molecular weight excluding hydrogens is 451 g/mol. The number of amides is 2. The van der Waals surface area contributed by atoms with Gasteiger partial charge in [-0.25, -0.2) is 0 Å². The lowest BCUT2D eigenvalue weighted by Gasteiger charge is -2.23. The van der Waals surface area contributed by atoms with Crippen molar-refractivity contribution in [3.05, 3.63) is 88.9 Å². The molecule has 0 aliphatic carbocycles. The molecule has 3 rings (SSSR count). The van der Waals surface area contributed by atoms with Crippen LogP contribution in [0.2, 0.25) is 10.0 Å². The number of carbonyl (C=O) groups is 3. The van der Waals surface area contributed by atoms with Gasteiger partial charge in [0.2, 0.25) is 5.91 Å².